The number of Topliss-reactive ketones (excluding diaryl/α,β-unsaturated/α-hetero) is 1. The number of carbonyl (C=O) groups excluding carboxylic acids is 3. The second-order valence-electron chi connectivity index (χ2n) is 9.24. The third kappa shape index (κ3) is 2.72. The number of rotatable bonds is 1. The third-order valence-corrected chi connectivity index (χ3v) is 8.77. The van der Waals surface area contributed by atoms with E-state index in [4.69, 9.17) is 4.74 Å². The molecule has 5 heteroatoms. The van der Waals surface area contributed by atoms with Crippen LogP contribution >= 0.6 is 15.9 Å². The van der Waals surface area contributed by atoms with Gasteiger partial charge < -0.3 is 4.74 Å². The van der Waals surface area contributed by atoms with Gasteiger partial charge in [-0.3, -0.25) is 9.59 Å². The van der Waals surface area contributed by atoms with Crippen LogP contribution in [-0.4, -0.2) is 29.5 Å². The summed E-state index contributed by atoms with van der Waals surface area (Å²) in [6, 6.07) is 0. The van der Waals surface area contributed by atoms with Crippen LogP contribution in [0.5, 0.6) is 0 Å². The van der Waals surface area contributed by atoms with E-state index in [2.05, 4.69) is 29.8 Å². The minimum Gasteiger partial charge on any atom is -0.466 e. The molecule has 4 aliphatic carbocycles. The van der Waals surface area contributed by atoms with Crippen molar-refractivity contribution in [3.05, 3.63) is 23.3 Å². The summed E-state index contributed by atoms with van der Waals surface area (Å²) in [5, 5.41) is 0. The van der Waals surface area contributed by atoms with Gasteiger partial charge in [-0.2, -0.15) is 0 Å². The lowest BCUT2D eigenvalue weighted by Gasteiger charge is -2.56. The van der Waals surface area contributed by atoms with E-state index in [9.17, 15) is 14.4 Å². The van der Waals surface area contributed by atoms with Crippen LogP contribution in [-0.2, 0) is 19.1 Å². The minimum atomic E-state index is -0.324. The van der Waals surface area contributed by atoms with Crippen molar-refractivity contribution in [2.75, 3.05) is 7.11 Å². The minimum absolute atomic E-state index is 0.0128. The Morgan fingerprint density at radius 1 is 1.22 bits per heavy atom. The number of carbonyl (C=O) groups is 3. The van der Waals surface area contributed by atoms with E-state index in [0.717, 1.165) is 31.3 Å². The molecular weight excluding hydrogens is 408 g/mol. The van der Waals surface area contributed by atoms with Gasteiger partial charge in [0, 0.05) is 23.8 Å². The quantitative estimate of drug-likeness (QED) is 0.353. The predicted octanol–water partition coefficient (Wildman–Crippen LogP) is 4.17. The van der Waals surface area contributed by atoms with Crippen molar-refractivity contribution in [2.24, 2.45) is 28.6 Å². The Bertz CT molecular complexity index is 781. The van der Waals surface area contributed by atoms with Crippen LogP contribution < -0.4 is 0 Å². The van der Waals surface area contributed by atoms with Crippen LogP contribution in [0.15, 0.2) is 23.3 Å². The standard InChI is InChI=1S/C22H27BrO4/c1-21-11-18(25)20-14(15(21)7-5-13(21)9-19(26)27-3)6-4-12-8-17(24)16(23)10-22(12,20)2/h8-9,14-16,20H,4-7,10-11H2,1-3H3/b13-9+. The number of ketones is 2. The number of hydrogen-bond acceptors (Lipinski definition) is 4. The first-order valence-corrected chi connectivity index (χ1v) is 10.8. The maximum atomic E-state index is 13.5. The van der Waals surface area contributed by atoms with Gasteiger partial charge in [-0.05, 0) is 55.4 Å². The summed E-state index contributed by atoms with van der Waals surface area (Å²) in [5.74, 6) is 0.851. The van der Waals surface area contributed by atoms with Crippen molar-refractivity contribution in [2.45, 2.75) is 57.2 Å². The molecule has 0 amide bonds. The Kier molecular flexibility index (Phi) is 4.53. The zero-order valence-electron chi connectivity index (χ0n) is 16.2. The molecule has 146 valence electrons. The molecule has 0 aliphatic heterocycles. The van der Waals surface area contributed by atoms with Gasteiger partial charge in [0.25, 0.3) is 0 Å². The topological polar surface area (TPSA) is 60.4 Å². The molecule has 3 saturated carbocycles. The van der Waals surface area contributed by atoms with Crippen LogP contribution in [0, 0.1) is 28.6 Å². The summed E-state index contributed by atoms with van der Waals surface area (Å²) < 4.78 is 4.83. The second kappa shape index (κ2) is 6.40. The Morgan fingerprint density at radius 3 is 2.67 bits per heavy atom. The van der Waals surface area contributed by atoms with Gasteiger partial charge in [-0.1, -0.05) is 40.9 Å². The normalized spacial score (nSPS) is 45.0. The van der Waals surface area contributed by atoms with Crippen molar-refractivity contribution in [1.82, 2.24) is 0 Å². The van der Waals surface area contributed by atoms with Crippen LogP contribution in [0.1, 0.15) is 52.4 Å². The second-order valence-corrected chi connectivity index (χ2v) is 10.3. The largest absolute Gasteiger partial charge is 0.466 e. The average molecular weight is 435 g/mol. The smallest absolute Gasteiger partial charge is 0.330 e. The summed E-state index contributed by atoms with van der Waals surface area (Å²) in [6.45, 7) is 4.36. The van der Waals surface area contributed by atoms with Gasteiger partial charge in [0.2, 0.25) is 0 Å². The van der Waals surface area contributed by atoms with Crippen molar-refractivity contribution in [1.29, 1.82) is 0 Å². The summed E-state index contributed by atoms with van der Waals surface area (Å²) in [4.78, 5) is 37.3. The number of fused-ring (bicyclic) bond motifs is 5. The fourth-order valence-corrected chi connectivity index (χ4v) is 7.50. The summed E-state index contributed by atoms with van der Waals surface area (Å²) >= 11 is 3.53. The molecule has 0 aromatic heterocycles. The van der Waals surface area contributed by atoms with E-state index < -0.39 is 0 Å². The number of allylic oxidation sites excluding steroid dienone is 2. The van der Waals surface area contributed by atoms with Gasteiger partial charge in [-0.25, -0.2) is 4.79 Å². The van der Waals surface area contributed by atoms with Gasteiger partial charge in [0.15, 0.2) is 5.78 Å². The fraction of sp³-hybridized carbons (Fsp3) is 0.682. The highest BCUT2D eigenvalue weighted by molar-refractivity contribution is 9.10. The van der Waals surface area contributed by atoms with E-state index in [1.54, 1.807) is 12.2 Å². The van der Waals surface area contributed by atoms with Crippen LogP contribution in [0.25, 0.3) is 0 Å². The monoisotopic (exact) mass is 434 g/mol. The van der Waals surface area contributed by atoms with E-state index in [1.165, 1.54) is 12.7 Å². The highest BCUT2D eigenvalue weighted by Crippen LogP contribution is 2.65. The summed E-state index contributed by atoms with van der Waals surface area (Å²) in [6.07, 6.45) is 8.38. The highest BCUT2D eigenvalue weighted by atomic mass is 79.9. The molecule has 4 aliphatic rings. The third-order valence-electron chi connectivity index (χ3n) is 8.00. The van der Waals surface area contributed by atoms with Crippen LogP contribution in [0.2, 0.25) is 0 Å². The van der Waals surface area contributed by atoms with Crippen LogP contribution in [0.3, 0.4) is 0 Å². The lowest BCUT2D eigenvalue weighted by Crippen LogP contribution is -2.55. The molecule has 0 spiro atoms. The molecule has 0 aromatic carbocycles. The number of halogens is 1. The molecule has 0 heterocycles. The number of hydrogen-bond donors (Lipinski definition) is 0. The maximum absolute atomic E-state index is 13.5. The number of methoxy groups -OCH3 is 1. The van der Waals surface area contributed by atoms with Gasteiger partial charge >= 0.3 is 5.97 Å². The lowest BCUT2D eigenvalue weighted by atomic mass is 9.47. The van der Waals surface area contributed by atoms with Crippen molar-refractivity contribution >= 4 is 33.5 Å². The van der Waals surface area contributed by atoms with Crippen molar-refractivity contribution < 1.29 is 19.1 Å². The van der Waals surface area contributed by atoms with E-state index in [0.29, 0.717) is 30.5 Å². The first-order chi connectivity index (χ1) is 12.7. The predicted molar refractivity (Wildman–Crippen MR) is 105 cm³/mol. The first kappa shape index (κ1) is 19.1. The molecular formula is C22H27BrO4. The molecule has 0 radical (unpaired) electrons. The van der Waals surface area contributed by atoms with Crippen LogP contribution in [0.4, 0.5) is 0 Å². The van der Waals surface area contributed by atoms with Crippen molar-refractivity contribution in [3.8, 4) is 0 Å². The molecule has 6 unspecified atom stereocenters. The molecule has 0 aromatic rings. The summed E-state index contributed by atoms with van der Waals surface area (Å²) in [5.41, 5.74) is 1.79. The SMILES string of the molecule is COC(=O)/C=C1\CCC2C3CCC4=CC(=O)C(Br)CC4(C)C3C(=O)CC12C. The summed E-state index contributed by atoms with van der Waals surface area (Å²) in [7, 11) is 1.40. The zero-order valence-corrected chi connectivity index (χ0v) is 17.8. The van der Waals surface area contributed by atoms with Gasteiger partial charge in [0.1, 0.15) is 5.78 Å². The Morgan fingerprint density at radius 2 is 1.96 bits per heavy atom. The Hall–Kier alpha value is -1.23. The molecule has 6 atom stereocenters. The Balaban J connectivity index is 1.72. The average Bonchev–Trinajstić information content (AvgIpc) is 2.91. The number of alkyl halides is 1. The molecule has 27 heavy (non-hydrogen) atoms. The van der Waals surface area contributed by atoms with Gasteiger partial charge in [-0.15, -0.1) is 0 Å². The number of ether oxygens (including phenoxy) is 1. The fourth-order valence-electron chi connectivity index (χ4n) is 6.70. The van der Waals surface area contributed by atoms with E-state index in [1.807, 2.05) is 0 Å². The molecule has 0 bridgehead atoms. The highest BCUT2D eigenvalue weighted by Gasteiger charge is 2.61. The lowest BCUT2D eigenvalue weighted by molar-refractivity contribution is -0.142. The van der Waals surface area contributed by atoms with Gasteiger partial charge in [0.05, 0.1) is 11.9 Å². The Labute approximate surface area is 168 Å². The van der Waals surface area contributed by atoms with E-state index in [-0.39, 0.29) is 33.3 Å². The maximum Gasteiger partial charge on any atom is 0.330 e. The van der Waals surface area contributed by atoms with E-state index >= 15 is 0 Å². The molecule has 4 nitrogen and oxygen atoms in total. The first-order valence-electron chi connectivity index (χ1n) is 9.91. The number of esters is 1. The zero-order chi connectivity index (χ0) is 19.6. The van der Waals surface area contributed by atoms with Crippen molar-refractivity contribution in [3.63, 3.8) is 0 Å². The molecule has 3 fully saturated rings. The molecule has 0 saturated heterocycles. The molecule has 4 rings (SSSR count). The molecule has 0 N–H and O–H groups in total.